The molecule has 1 aromatic rings. The molecule has 19 heavy (non-hydrogen) atoms. The van der Waals surface area contributed by atoms with Gasteiger partial charge < -0.3 is 14.8 Å². The van der Waals surface area contributed by atoms with Gasteiger partial charge in [-0.3, -0.25) is 4.79 Å². The smallest absolute Gasteiger partial charge is 0.251 e. The van der Waals surface area contributed by atoms with Crippen LogP contribution in [0.1, 0.15) is 36.7 Å². The second-order valence-electron chi connectivity index (χ2n) is 5.44. The number of carbonyl (C=O) groups is 1. The zero-order valence-corrected chi connectivity index (χ0v) is 12.3. The monoisotopic (exact) mass is 265 g/mol. The molecule has 1 N–H and O–H groups in total. The summed E-state index contributed by atoms with van der Waals surface area (Å²) in [7, 11) is 3.08. The van der Waals surface area contributed by atoms with Gasteiger partial charge in [-0.25, -0.2) is 0 Å². The SMILES string of the molecule is COC(CNC(=O)c1ccc(C(C)(C)C)cc1)OC. The van der Waals surface area contributed by atoms with E-state index in [9.17, 15) is 4.79 Å². The lowest BCUT2D eigenvalue weighted by molar-refractivity contribution is -0.0974. The molecule has 0 saturated carbocycles. The molecule has 0 aliphatic heterocycles. The van der Waals surface area contributed by atoms with Crippen LogP contribution in [0.4, 0.5) is 0 Å². The average molecular weight is 265 g/mol. The normalized spacial score (nSPS) is 11.7. The maximum atomic E-state index is 11.9. The minimum Gasteiger partial charge on any atom is -0.354 e. The highest BCUT2D eigenvalue weighted by Crippen LogP contribution is 2.22. The van der Waals surface area contributed by atoms with Gasteiger partial charge in [0.05, 0.1) is 6.54 Å². The molecule has 0 spiro atoms. The Bertz CT molecular complexity index is 402. The highest BCUT2D eigenvalue weighted by atomic mass is 16.7. The summed E-state index contributed by atoms with van der Waals surface area (Å²) in [6.45, 7) is 6.75. The summed E-state index contributed by atoms with van der Waals surface area (Å²) >= 11 is 0. The number of hydrogen-bond donors (Lipinski definition) is 1. The average Bonchev–Trinajstić information content (AvgIpc) is 2.39. The molecule has 0 atom stereocenters. The number of carbonyl (C=O) groups excluding carboxylic acids is 1. The van der Waals surface area contributed by atoms with Gasteiger partial charge in [0.15, 0.2) is 6.29 Å². The Balaban J connectivity index is 2.63. The van der Waals surface area contributed by atoms with Gasteiger partial charge in [-0.05, 0) is 23.1 Å². The predicted octanol–water partition coefficient (Wildman–Crippen LogP) is 2.33. The Morgan fingerprint density at radius 2 is 1.68 bits per heavy atom. The van der Waals surface area contributed by atoms with E-state index in [1.165, 1.54) is 5.56 Å². The fraction of sp³-hybridized carbons (Fsp3) is 0.533. The zero-order chi connectivity index (χ0) is 14.5. The lowest BCUT2D eigenvalue weighted by Crippen LogP contribution is -2.34. The maximum Gasteiger partial charge on any atom is 0.251 e. The lowest BCUT2D eigenvalue weighted by atomic mass is 9.87. The van der Waals surface area contributed by atoms with Gasteiger partial charge in [0.1, 0.15) is 0 Å². The second kappa shape index (κ2) is 6.68. The minimum absolute atomic E-state index is 0.0895. The zero-order valence-electron chi connectivity index (χ0n) is 12.3. The number of ether oxygens (including phenoxy) is 2. The van der Waals surface area contributed by atoms with E-state index in [2.05, 4.69) is 26.1 Å². The van der Waals surface area contributed by atoms with Crippen molar-refractivity contribution in [1.29, 1.82) is 0 Å². The lowest BCUT2D eigenvalue weighted by Gasteiger charge is -2.19. The molecule has 1 aromatic carbocycles. The molecule has 106 valence electrons. The first-order valence-corrected chi connectivity index (χ1v) is 6.33. The first-order valence-electron chi connectivity index (χ1n) is 6.33. The number of hydrogen-bond acceptors (Lipinski definition) is 3. The number of methoxy groups -OCH3 is 2. The van der Waals surface area contributed by atoms with Gasteiger partial charge >= 0.3 is 0 Å². The molecule has 1 amide bonds. The fourth-order valence-corrected chi connectivity index (χ4v) is 1.66. The van der Waals surface area contributed by atoms with Crippen molar-refractivity contribution < 1.29 is 14.3 Å². The summed E-state index contributed by atoms with van der Waals surface area (Å²) < 4.78 is 10.0. The summed E-state index contributed by atoms with van der Waals surface area (Å²) in [5, 5.41) is 2.77. The standard InChI is InChI=1S/C15H23NO3/c1-15(2,3)12-8-6-11(7-9-12)14(17)16-10-13(18-4)19-5/h6-9,13H,10H2,1-5H3,(H,16,17). The molecule has 4 heteroatoms. The fourth-order valence-electron chi connectivity index (χ4n) is 1.66. The third-order valence-electron chi connectivity index (χ3n) is 2.97. The quantitative estimate of drug-likeness (QED) is 0.831. The number of amides is 1. The van der Waals surface area contributed by atoms with E-state index in [1.807, 2.05) is 24.3 Å². The first kappa shape index (κ1) is 15.7. The third-order valence-corrected chi connectivity index (χ3v) is 2.97. The molecule has 0 bridgehead atoms. The molecular weight excluding hydrogens is 242 g/mol. The molecule has 0 aliphatic rings. The van der Waals surface area contributed by atoms with Crippen LogP contribution in [0.2, 0.25) is 0 Å². The molecule has 0 radical (unpaired) electrons. The van der Waals surface area contributed by atoms with Gasteiger partial charge in [0, 0.05) is 19.8 Å². The van der Waals surface area contributed by atoms with E-state index < -0.39 is 6.29 Å². The van der Waals surface area contributed by atoms with Gasteiger partial charge in [-0.2, -0.15) is 0 Å². The van der Waals surface area contributed by atoms with E-state index >= 15 is 0 Å². The highest BCUT2D eigenvalue weighted by molar-refractivity contribution is 5.94. The molecule has 0 heterocycles. The predicted molar refractivity (Wildman–Crippen MR) is 75.3 cm³/mol. The van der Waals surface area contributed by atoms with Crippen LogP contribution in [0.5, 0.6) is 0 Å². The van der Waals surface area contributed by atoms with Crippen LogP contribution in [0, 0.1) is 0 Å². The number of rotatable bonds is 5. The van der Waals surface area contributed by atoms with E-state index in [4.69, 9.17) is 9.47 Å². The van der Waals surface area contributed by atoms with Crippen molar-refractivity contribution in [3.8, 4) is 0 Å². The van der Waals surface area contributed by atoms with Crippen LogP contribution in [0.25, 0.3) is 0 Å². The Hall–Kier alpha value is -1.39. The molecule has 1 rings (SSSR count). The number of nitrogens with one attached hydrogen (secondary N) is 1. The van der Waals surface area contributed by atoms with Crippen LogP contribution in [0.15, 0.2) is 24.3 Å². The van der Waals surface area contributed by atoms with Gasteiger partial charge in [-0.15, -0.1) is 0 Å². The molecule has 0 fully saturated rings. The van der Waals surface area contributed by atoms with Gasteiger partial charge in [0.25, 0.3) is 5.91 Å². The number of benzene rings is 1. The topological polar surface area (TPSA) is 47.6 Å². The Morgan fingerprint density at radius 3 is 2.11 bits per heavy atom. The van der Waals surface area contributed by atoms with Crippen LogP contribution < -0.4 is 5.32 Å². The van der Waals surface area contributed by atoms with Gasteiger partial charge in [-0.1, -0.05) is 32.9 Å². The largest absolute Gasteiger partial charge is 0.354 e. The van der Waals surface area contributed by atoms with Crippen molar-refractivity contribution in [3.05, 3.63) is 35.4 Å². The van der Waals surface area contributed by atoms with Crippen LogP contribution in [-0.4, -0.2) is 33.0 Å². The molecule has 0 aliphatic carbocycles. The van der Waals surface area contributed by atoms with Crippen LogP contribution in [0.3, 0.4) is 0 Å². The van der Waals surface area contributed by atoms with Crippen molar-refractivity contribution in [2.75, 3.05) is 20.8 Å². The summed E-state index contributed by atoms with van der Waals surface area (Å²) in [5.74, 6) is -0.125. The highest BCUT2D eigenvalue weighted by Gasteiger charge is 2.14. The van der Waals surface area contributed by atoms with Crippen LogP contribution in [-0.2, 0) is 14.9 Å². The van der Waals surface area contributed by atoms with E-state index in [-0.39, 0.29) is 11.3 Å². The summed E-state index contributed by atoms with van der Waals surface area (Å²) in [6, 6.07) is 7.65. The van der Waals surface area contributed by atoms with E-state index in [0.717, 1.165) is 0 Å². The molecule has 0 saturated heterocycles. The van der Waals surface area contributed by atoms with Crippen molar-refractivity contribution in [1.82, 2.24) is 5.32 Å². The summed E-state index contributed by atoms with van der Waals surface area (Å²) in [4.78, 5) is 11.9. The third kappa shape index (κ3) is 4.65. The van der Waals surface area contributed by atoms with Gasteiger partial charge in [0.2, 0.25) is 0 Å². The Labute approximate surface area is 115 Å². The Kier molecular flexibility index (Phi) is 5.51. The first-order chi connectivity index (χ1) is 8.88. The molecular formula is C15H23NO3. The molecule has 0 aromatic heterocycles. The molecule has 0 unspecified atom stereocenters. The molecule has 4 nitrogen and oxygen atoms in total. The summed E-state index contributed by atoms with van der Waals surface area (Å²) in [6.07, 6.45) is -0.419. The minimum atomic E-state index is -0.419. The van der Waals surface area contributed by atoms with E-state index in [0.29, 0.717) is 12.1 Å². The van der Waals surface area contributed by atoms with Crippen molar-refractivity contribution in [2.24, 2.45) is 0 Å². The second-order valence-corrected chi connectivity index (χ2v) is 5.44. The van der Waals surface area contributed by atoms with E-state index in [1.54, 1.807) is 14.2 Å². The van der Waals surface area contributed by atoms with Crippen molar-refractivity contribution >= 4 is 5.91 Å². The summed E-state index contributed by atoms with van der Waals surface area (Å²) in [5.41, 5.74) is 1.93. The Morgan fingerprint density at radius 1 is 1.16 bits per heavy atom. The van der Waals surface area contributed by atoms with Crippen LogP contribution >= 0.6 is 0 Å². The maximum absolute atomic E-state index is 11.9. The van der Waals surface area contributed by atoms with Crippen molar-refractivity contribution in [2.45, 2.75) is 32.5 Å². The van der Waals surface area contributed by atoms with Crippen molar-refractivity contribution in [3.63, 3.8) is 0 Å².